The number of hydrogen-bond donors (Lipinski definition) is 2. The highest BCUT2D eigenvalue weighted by Gasteiger charge is 2.12. The van der Waals surface area contributed by atoms with Crippen molar-refractivity contribution < 1.29 is 18.7 Å². The number of hydrogen-bond acceptors (Lipinski definition) is 4. The number of ether oxygens (including phenoxy) is 1. The van der Waals surface area contributed by atoms with Gasteiger partial charge in [0.1, 0.15) is 11.3 Å². The highest BCUT2D eigenvalue weighted by Crippen LogP contribution is 2.21. The van der Waals surface area contributed by atoms with Crippen LogP contribution in [0.25, 0.3) is 11.0 Å². The van der Waals surface area contributed by atoms with Crippen LogP contribution in [0.3, 0.4) is 0 Å². The minimum absolute atomic E-state index is 0.0902. The van der Waals surface area contributed by atoms with Crippen LogP contribution in [0, 0.1) is 13.8 Å². The Labute approximate surface area is 179 Å². The minimum Gasteiger partial charge on any atom is -0.484 e. The third kappa shape index (κ3) is 4.93. The summed E-state index contributed by atoms with van der Waals surface area (Å²) in [4.78, 5) is 24.6. The minimum atomic E-state index is -0.338. The molecule has 1 aromatic heterocycles. The molecule has 0 bridgehead atoms. The first-order chi connectivity index (χ1) is 15.0. The lowest BCUT2D eigenvalue weighted by Crippen LogP contribution is -2.20. The van der Waals surface area contributed by atoms with Gasteiger partial charge in [-0.3, -0.25) is 9.59 Å². The van der Waals surface area contributed by atoms with Crippen molar-refractivity contribution in [1.29, 1.82) is 0 Å². The summed E-state index contributed by atoms with van der Waals surface area (Å²) in [6.45, 7) is 3.93. The van der Waals surface area contributed by atoms with Gasteiger partial charge in [-0.1, -0.05) is 24.3 Å². The summed E-state index contributed by atoms with van der Waals surface area (Å²) in [5.74, 6) is 0.288. The first-order valence-electron chi connectivity index (χ1n) is 9.88. The summed E-state index contributed by atoms with van der Waals surface area (Å²) in [5.41, 5.74) is 4.14. The Morgan fingerprint density at radius 3 is 2.26 bits per heavy atom. The molecule has 4 rings (SSSR count). The van der Waals surface area contributed by atoms with E-state index < -0.39 is 0 Å². The number of para-hydroxylation sites is 1. The number of furan rings is 1. The maximum atomic E-state index is 12.4. The molecule has 0 unspecified atom stereocenters. The van der Waals surface area contributed by atoms with Gasteiger partial charge >= 0.3 is 0 Å². The molecule has 0 radical (unpaired) electrons. The van der Waals surface area contributed by atoms with Crippen molar-refractivity contribution in [3.63, 3.8) is 0 Å². The molecule has 1 heterocycles. The predicted molar refractivity (Wildman–Crippen MR) is 121 cm³/mol. The molecule has 2 amide bonds. The van der Waals surface area contributed by atoms with E-state index in [9.17, 15) is 9.59 Å². The average molecular weight is 414 g/mol. The Morgan fingerprint density at radius 2 is 1.55 bits per heavy atom. The molecule has 2 N–H and O–H groups in total. The second-order valence-electron chi connectivity index (χ2n) is 7.26. The Morgan fingerprint density at radius 1 is 0.839 bits per heavy atom. The molecule has 0 saturated carbocycles. The van der Waals surface area contributed by atoms with Crippen molar-refractivity contribution in [3.8, 4) is 5.75 Å². The molecule has 0 aliphatic carbocycles. The van der Waals surface area contributed by atoms with Crippen LogP contribution < -0.4 is 15.4 Å². The van der Waals surface area contributed by atoms with Gasteiger partial charge in [0.15, 0.2) is 12.4 Å². The monoisotopic (exact) mass is 414 g/mol. The maximum absolute atomic E-state index is 12.4. The van der Waals surface area contributed by atoms with Gasteiger partial charge in [0.25, 0.3) is 11.8 Å². The lowest BCUT2D eigenvalue weighted by molar-refractivity contribution is -0.118. The number of carbonyl (C=O) groups is 2. The molecule has 0 spiro atoms. The number of nitrogens with one attached hydrogen (secondary N) is 2. The molecule has 0 saturated heterocycles. The number of anilines is 2. The SMILES string of the molecule is Cc1ccc(OCC(=O)Nc2ccc(NC(=O)c3cc4ccccc4o3)cc2)cc1C. The molecular weight excluding hydrogens is 392 g/mol. The van der Waals surface area contributed by atoms with Crippen LogP contribution in [-0.4, -0.2) is 18.4 Å². The molecule has 4 aromatic rings. The molecule has 6 nitrogen and oxygen atoms in total. The van der Waals surface area contributed by atoms with Gasteiger partial charge in [-0.15, -0.1) is 0 Å². The zero-order valence-corrected chi connectivity index (χ0v) is 17.3. The summed E-state index contributed by atoms with van der Waals surface area (Å²) in [5, 5.41) is 6.43. The zero-order chi connectivity index (χ0) is 21.8. The van der Waals surface area contributed by atoms with Gasteiger partial charge in [0, 0.05) is 16.8 Å². The number of benzene rings is 3. The second kappa shape index (κ2) is 8.75. The number of amides is 2. The van der Waals surface area contributed by atoms with Crippen molar-refractivity contribution in [3.05, 3.63) is 89.7 Å². The Kier molecular flexibility index (Phi) is 5.71. The van der Waals surface area contributed by atoms with Gasteiger partial charge < -0.3 is 19.8 Å². The maximum Gasteiger partial charge on any atom is 0.291 e. The largest absolute Gasteiger partial charge is 0.484 e. The number of aryl methyl sites for hydroxylation is 2. The van der Waals surface area contributed by atoms with E-state index in [0.717, 1.165) is 10.9 Å². The first kappa shape index (κ1) is 20.2. The van der Waals surface area contributed by atoms with Crippen LogP contribution in [0.2, 0.25) is 0 Å². The van der Waals surface area contributed by atoms with Crippen molar-refractivity contribution in [2.45, 2.75) is 13.8 Å². The van der Waals surface area contributed by atoms with E-state index in [2.05, 4.69) is 10.6 Å². The standard InChI is InChI=1S/C25H22N2O4/c1-16-7-12-21(13-17(16)2)30-15-24(28)26-19-8-10-20(11-9-19)27-25(29)23-14-18-5-3-4-6-22(18)31-23/h3-14H,15H2,1-2H3,(H,26,28)(H,27,29). The Balaban J connectivity index is 1.31. The summed E-state index contributed by atoms with van der Waals surface area (Å²) >= 11 is 0. The van der Waals surface area contributed by atoms with E-state index in [1.54, 1.807) is 30.3 Å². The quantitative estimate of drug-likeness (QED) is 0.447. The molecule has 0 aliphatic heterocycles. The van der Waals surface area contributed by atoms with E-state index in [1.165, 1.54) is 5.56 Å². The number of carbonyl (C=O) groups excluding carboxylic acids is 2. The third-order valence-electron chi connectivity index (χ3n) is 4.92. The van der Waals surface area contributed by atoms with Crippen molar-refractivity contribution in [2.75, 3.05) is 17.2 Å². The lowest BCUT2D eigenvalue weighted by Gasteiger charge is -2.10. The van der Waals surface area contributed by atoms with Gasteiger partial charge in [0.2, 0.25) is 0 Å². The number of rotatable bonds is 6. The van der Waals surface area contributed by atoms with Gasteiger partial charge in [-0.25, -0.2) is 0 Å². The van der Waals surface area contributed by atoms with Crippen LogP contribution >= 0.6 is 0 Å². The average Bonchev–Trinajstić information content (AvgIpc) is 3.20. The molecular formula is C25H22N2O4. The van der Waals surface area contributed by atoms with Crippen LogP contribution in [0.1, 0.15) is 21.7 Å². The lowest BCUT2D eigenvalue weighted by atomic mass is 10.1. The van der Waals surface area contributed by atoms with E-state index in [4.69, 9.17) is 9.15 Å². The molecule has 3 aromatic carbocycles. The molecule has 31 heavy (non-hydrogen) atoms. The van der Waals surface area contributed by atoms with Crippen molar-refractivity contribution >= 4 is 34.2 Å². The molecule has 0 atom stereocenters. The van der Waals surface area contributed by atoms with Crippen molar-refractivity contribution in [2.24, 2.45) is 0 Å². The van der Waals surface area contributed by atoms with E-state index in [1.807, 2.05) is 56.3 Å². The zero-order valence-electron chi connectivity index (χ0n) is 17.3. The summed E-state index contributed by atoms with van der Waals surface area (Å²) in [6, 6.07) is 21.7. The summed E-state index contributed by atoms with van der Waals surface area (Å²) in [6.07, 6.45) is 0. The second-order valence-corrected chi connectivity index (χ2v) is 7.26. The first-order valence-corrected chi connectivity index (χ1v) is 9.88. The molecule has 6 heteroatoms. The van der Waals surface area contributed by atoms with E-state index in [0.29, 0.717) is 22.7 Å². The van der Waals surface area contributed by atoms with E-state index in [-0.39, 0.29) is 24.2 Å². The van der Waals surface area contributed by atoms with Crippen molar-refractivity contribution in [1.82, 2.24) is 0 Å². The molecule has 0 aliphatic rings. The fraction of sp³-hybridized carbons (Fsp3) is 0.120. The van der Waals surface area contributed by atoms with Gasteiger partial charge in [-0.2, -0.15) is 0 Å². The van der Waals surface area contributed by atoms with Gasteiger partial charge in [-0.05, 0) is 73.5 Å². The highest BCUT2D eigenvalue weighted by atomic mass is 16.5. The van der Waals surface area contributed by atoms with Crippen LogP contribution in [0.5, 0.6) is 5.75 Å². The normalized spacial score (nSPS) is 10.6. The number of fused-ring (bicyclic) bond motifs is 1. The van der Waals surface area contributed by atoms with Crippen LogP contribution in [-0.2, 0) is 4.79 Å². The smallest absolute Gasteiger partial charge is 0.291 e. The summed E-state index contributed by atoms with van der Waals surface area (Å²) in [7, 11) is 0. The topological polar surface area (TPSA) is 80.6 Å². The van der Waals surface area contributed by atoms with Crippen LogP contribution in [0.15, 0.2) is 77.2 Å². The van der Waals surface area contributed by atoms with E-state index >= 15 is 0 Å². The molecule has 0 fully saturated rings. The highest BCUT2D eigenvalue weighted by molar-refractivity contribution is 6.04. The summed E-state index contributed by atoms with van der Waals surface area (Å²) < 4.78 is 11.1. The Bertz CT molecular complexity index is 1210. The molecule has 156 valence electrons. The predicted octanol–water partition coefficient (Wildman–Crippen LogP) is 5.32. The third-order valence-corrected chi connectivity index (χ3v) is 4.92. The van der Waals surface area contributed by atoms with Crippen LogP contribution in [0.4, 0.5) is 11.4 Å². The Hall–Kier alpha value is -4.06. The van der Waals surface area contributed by atoms with Gasteiger partial charge in [0.05, 0.1) is 0 Å². The fourth-order valence-electron chi connectivity index (χ4n) is 3.07. The fourth-order valence-corrected chi connectivity index (χ4v) is 3.07.